The lowest BCUT2D eigenvalue weighted by molar-refractivity contribution is -0.208. The first-order chi connectivity index (χ1) is 18.1. The van der Waals surface area contributed by atoms with Crippen LogP contribution in [0.25, 0.3) is 0 Å². The topological polar surface area (TPSA) is 132 Å². The molecule has 2 bridgehead atoms. The van der Waals surface area contributed by atoms with Crippen LogP contribution in [0.1, 0.15) is 74.7 Å². The van der Waals surface area contributed by atoms with Crippen LogP contribution in [0.5, 0.6) is 0 Å². The smallest absolute Gasteiger partial charge is 0.303 e. The molecule has 2 fully saturated rings. The van der Waals surface area contributed by atoms with Gasteiger partial charge >= 0.3 is 23.9 Å². The maximum atomic E-state index is 12.6. The molecule has 10 nitrogen and oxygen atoms in total. The van der Waals surface area contributed by atoms with E-state index in [1.54, 1.807) is 0 Å². The normalized spacial score (nSPS) is 35.4. The van der Waals surface area contributed by atoms with E-state index in [4.69, 9.17) is 23.7 Å². The van der Waals surface area contributed by atoms with Gasteiger partial charge < -0.3 is 23.7 Å². The molecule has 0 amide bonds. The van der Waals surface area contributed by atoms with Crippen LogP contribution in [0.15, 0.2) is 23.3 Å². The first-order valence-electron chi connectivity index (χ1n) is 13.2. The van der Waals surface area contributed by atoms with Crippen LogP contribution in [-0.2, 0) is 47.7 Å². The summed E-state index contributed by atoms with van der Waals surface area (Å²) in [5, 5.41) is 0. The van der Waals surface area contributed by atoms with Crippen LogP contribution >= 0.6 is 0 Å². The van der Waals surface area contributed by atoms with Gasteiger partial charge in [-0.15, -0.1) is 0 Å². The molecule has 0 aromatic rings. The number of fused-ring (bicyclic) bond motifs is 3. The molecular formula is C29H40O10. The zero-order valence-corrected chi connectivity index (χ0v) is 24.0. The molecule has 0 aliphatic heterocycles. The Balaban J connectivity index is 2.41. The maximum Gasteiger partial charge on any atom is 0.303 e. The third-order valence-electron chi connectivity index (χ3n) is 8.68. The minimum atomic E-state index is -0.979. The molecule has 3 aliphatic rings. The van der Waals surface area contributed by atoms with Gasteiger partial charge in [-0.1, -0.05) is 32.9 Å². The Labute approximate surface area is 229 Å². The third kappa shape index (κ3) is 5.61. The lowest BCUT2D eigenvalue weighted by Crippen LogP contribution is -2.65. The molecule has 10 heteroatoms. The SMILES string of the molecule is C=C1[C@@H](OC(C)=O)CC[C@@]2(C)[C@@H](OC=O)[C@H](OC(C)=O)C3=C(C)C[C@H](OC(C)=O)[C@@H]([C@@H](OC(C)=O)[C@H]12)C3(C)C. The summed E-state index contributed by atoms with van der Waals surface area (Å²) in [4.78, 5) is 61.2. The summed E-state index contributed by atoms with van der Waals surface area (Å²) in [5.74, 6) is -3.41. The van der Waals surface area contributed by atoms with Crippen LogP contribution in [0.2, 0.25) is 0 Å². The number of carbonyl (C=O) groups excluding carboxylic acids is 5. The summed E-state index contributed by atoms with van der Waals surface area (Å²) in [6.07, 6.45) is -3.20. The van der Waals surface area contributed by atoms with Gasteiger partial charge in [-0.25, -0.2) is 0 Å². The fourth-order valence-corrected chi connectivity index (χ4v) is 7.56. The van der Waals surface area contributed by atoms with Gasteiger partial charge in [0.1, 0.15) is 24.4 Å². The van der Waals surface area contributed by atoms with Crippen LogP contribution in [-0.4, -0.2) is 60.9 Å². The van der Waals surface area contributed by atoms with E-state index < -0.39 is 77.1 Å². The van der Waals surface area contributed by atoms with Crippen molar-refractivity contribution in [1.82, 2.24) is 0 Å². The van der Waals surface area contributed by atoms with Gasteiger partial charge in [-0.05, 0) is 36.3 Å². The molecule has 3 rings (SSSR count). The van der Waals surface area contributed by atoms with E-state index in [2.05, 4.69) is 6.58 Å². The van der Waals surface area contributed by atoms with Crippen molar-refractivity contribution in [3.8, 4) is 0 Å². The predicted molar refractivity (Wildman–Crippen MR) is 138 cm³/mol. The largest absolute Gasteiger partial charge is 0.462 e. The van der Waals surface area contributed by atoms with Crippen molar-refractivity contribution in [2.75, 3.05) is 0 Å². The lowest BCUT2D eigenvalue weighted by atomic mass is 9.49. The monoisotopic (exact) mass is 548 g/mol. The van der Waals surface area contributed by atoms with Gasteiger partial charge in [0.2, 0.25) is 0 Å². The van der Waals surface area contributed by atoms with Gasteiger partial charge in [0.05, 0.1) is 0 Å². The van der Waals surface area contributed by atoms with Crippen molar-refractivity contribution in [3.63, 3.8) is 0 Å². The predicted octanol–water partition coefficient (Wildman–Crippen LogP) is 3.60. The van der Waals surface area contributed by atoms with Gasteiger partial charge in [0.15, 0.2) is 6.10 Å². The average Bonchev–Trinajstić information content (AvgIpc) is 2.76. The zero-order valence-electron chi connectivity index (χ0n) is 24.0. The molecule has 2 saturated carbocycles. The summed E-state index contributed by atoms with van der Waals surface area (Å²) in [6, 6.07) is 0. The third-order valence-corrected chi connectivity index (χ3v) is 8.68. The number of esters is 4. The zero-order chi connectivity index (χ0) is 29.4. The molecule has 39 heavy (non-hydrogen) atoms. The highest BCUT2D eigenvalue weighted by molar-refractivity contribution is 5.68. The van der Waals surface area contributed by atoms with Gasteiger partial charge in [0.25, 0.3) is 6.47 Å². The van der Waals surface area contributed by atoms with E-state index >= 15 is 0 Å². The fraction of sp³-hybridized carbons (Fsp3) is 0.690. The van der Waals surface area contributed by atoms with Crippen molar-refractivity contribution in [1.29, 1.82) is 0 Å². The average molecular weight is 549 g/mol. The van der Waals surface area contributed by atoms with Gasteiger partial charge in [-0.2, -0.15) is 0 Å². The molecule has 3 aliphatic carbocycles. The highest BCUT2D eigenvalue weighted by Crippen LogP contribution is 2.61. The van der Waals surface area contributed by atoms with E-state index in [-0.39, 0.29) is 6.42 Å². The van der Waals surface area contributed by atoms with Crippen molar-refractivity contribution < 1.29 is 47.7 Å². The van der Waals surface area contributed by atoms with Crippen LogP contribution in [0, 0.1) is 22.7 Å². The molecule has 0 aromatic carbocycles. The standard InChI is InChI=1S/C29H40O10/c1-14-12-21(37-17(4)32)24-25(38-18(5)33)23-15(2)20(36-16(3)31)10-11-29(23,9)27(35-13-30)26(39-19(6)34)22(14)28(24,7)8/h13,20-21,23-27H,2,10-12H2,1,3-9H3/t20-,21-,23-,24-,25-,26+,27-,29+/m0/s1. The Bertz CT molecular complexity index is 1090. The van der Waals surface area contributed by atoms with Crippen LogP contribution in [0.3, 0.4) is 0 Å². The molecule has 0 unspecified atom stereocenters. The van der Waals surface area contributed by atoms with E-state index in [9.17, 15) is 24.0 Å². The molecule has 0 radical (unpaired) electrons. The highest BCUT2D eigenvalue weighted by atomic mass is 16.6. The molecular weight excluding hydrogens is 508 g/mol. The second kappa shape index (κ2) is 11.1. The van der Waals surface area contributed by atoms with E-state index in [0.717, 1.165) is 11.1 Å². The second-order valence-electron chi connectivity index (χ2n) is 11.7. The molecule has 0 N–H and O–H groups in total. The minimum Gasteiger partial charge on any atom is -0.462 e. The number of rotatable bonds is 6. The van der Waals surface area contributed by atoms with Crippen molar-refractivity contribution in [2.45, 2.75) is 105 Å². The number of carbonyl (C=O) groups is 5. The Hall–Kier alpha value is -3.17. The second-order valence-corrected chi connectivity index (χ2v) is 11.7. The number of hydrogen-bond acceptors (Lipinski definition) is 10. The summed E-state index contributed by atoms with van der Waals surface area (Å²) in [5.41, 5.74) is 0.182. The molecule has 0 aromatic heterocycles. The molecule has 0 heterocycles. The number of hydrogen-bond donors (Lipinski definition) is 0. The van der Waals surface area contributed by atoms with E-state index in [1.165, 1.54) is 27.7 Å². The fourth-order valence-electron chi connectivity index (χ4n) is 7.56. The minimum absolute atomic E-state index is 0.287. The Morgan fingerprint density at radius 3 is 1.97 bits per heavy atom. The van der Waals surface area contributed by atoms with Crippen molar-refractivity contribution in [3.05, 3.63) is 23.3 Å². The van der Waals surface area contributed by atoms with Gasteiger partial charge in [0, 0.05) is 51.4 Å². The van der Waals surface area contributed by atoms with Crippen molar-refractivity contribution >= 4 is 30.3 Å². The highest BCUT2D eigenvalue weighted by Gasteiger charge is 2.65. The van der Waals surface area contributed by atoms with Crippen molar-refractivity contribution in [2.24, 2.45) is 22.7 Å². The maximum absolute atomic E-state index is 12.6. The first-order valence-corrected chi connectivity index (χ1v) is 13.2. The van der Waals surface area contributed by atoms with Gasteiger partial charge in [-0.3, -0.25) is 24.0 Å². The summed E-state index contributed by atoms with van der Waals surface area (Å²) >= 11 is 0. The summed E-state index contributed by atoms with van der Waals surface area (Å²) in [7, 11) is 0. The molecule has 0 spiro atoms. The lowest BCUT2D eigenvalue weighted by Gasteiger charge is -2.60. The number of ether oxygens (including phenoxy) is 5. The first kappa shape index (κ1) is 30.4. The quantitative estimate of drug-likeness (QED) is 0.210. The van der Waals surface area contributed by atoms with E-state index in [0.29, 0.717) is 24.9 Å². The Kier molecular flexibility index (Phi) is 8.67. The molecule has 216 valence electrons. The Morgan fingerprint density at radius 2 is 1.46 bits per heavy atom. The summed E-state index contributed by atoms with van der Waals surface area (Å²) in [6.45, 7) is 17.4. The van der Waals surface area contributed by atoms with E-state index in [1.807, 2.05) is 27.7 Å². The summed E-state index contributed by atoms with van der Waals surface area (Å²) < 4.78 is 29.3. The Morgan fingerprint density at radius 1 is 0.897 bits per heavy atom. The molecule has 8 atom stereocenters. The molecule has 0 saturated heterocycles. The van der Waals surface area contributed by atoms with Crippen LogP contribution < -0.4 is 0 Å². The van der Waals surface area contributed by atoms with Crippen LogP contribution in [0.4, 0.5) is 0 Å².